The molecule has 0 saturated carbocycles. The lowest BCUT2D eigenvalue weighted by Gasteiger charge is -2.44. The minimum Gasteiger partial charge on any atom is -0.317 e. The largest absolute Gasteiger partial charge is 0.317 e. The number of nitrogens with one attached hydrogen (secondary N) is 1. The van der Waals surface area contributed by atoms with Crippen molar-refractivity contribution in [1.29, 1.82) is 0 Å². The maximum atomic E-state index is 14.5. The molecule has 2 aliphatic rings. The number of anilines is 3. The summed E-state index contributed by atoms with van der Waals surface area (Å²) in [5.74, 6) is -0.478. The zero-order valence-corrected chi connectivity index (χ0v) is 16.8. The molecule has 1 fully saturated rings. The Balaban J connectivity index is 1.57. The van der Waals surface area contributed by atoms with Crippen LogP contribution in [0.5, 0.6) is 0 Å². The first-order valence-electron chi connectivity index (χ1n) is 9.61. The molecular weight excluding hydrogens is 379 g/mol. The predicted octanol–water partition coefficient (Wildman–Crippen LogP) is 4.05. The molecule has 2 heterocycles. The molecule has 0 bridgehead atoms. The van der Waals surface area contributed by atoms with E-state index in [1.165, 1.54) is 10.4 Å². The molecule has 152 valence electrons. The molecule has 2 aromatic carbocycles. The highest BCUT2D eigenvalue weighted by molar-refractivity contribution is 8.27. The maximum Gasteiger partial charge on any atom is 0.148 e. The summed E-state index contributed by atoms with van der Waals surface area (Å²) < 4.78 is 39.7. The van der Waals surface area contributed by atoms with E-state index in [0.717, 1.165) is 38.2 Å². The van der Waals surface area contributed by atoms with Crippen molar-refractivity contribution in [3.8, 4) is 0 Å². The topological polar surface area (TPSA) is 62.2 Å². The van der Waals surface area contributed by atoms with E-state index in [1.807, 2.05) is 25.2 Å². The number of fused-ring (bicyclic) bond motifs is 1. The van der Waals surface area contributed by atoms with Gasteiger partial charge in [0, 0.05) is 12.6 Å². The van der Waals surface area contributed by atoms with Gasteiger partial charge in [-0.25, -0.2) is 8.70 Å². The van der Waals surface area contributed by atoms with Gasteiger partial charge in [-0.2, -0.15) is 0 Å². The van der Waals surface area contributed by atoms with Gasteiger partial charge in [-0.15, -0.1) is 0 Å². The van der Waals surface area contributed by atoms with Gasteiger partial charge in [0.1, 0.15) is 11.5 Å². The average Bonchev–Trinajstić information content (AvgIpc) is 2.93. The smallest absolute Gasteiger partial charge is 0.148 e. The number of benzene rings is 2. The Bertz CT molecular complexity index is 829. The summed E-state index contributed by atoms with van der Waals surface area (Å²) in [4.78, 5) is 2.34. The fourth-order valence-electron chi connectivity index (χ4n) is 4.01. The second-order valence-corrected chi connectivity index (χ2v) is 9.02. The zero-order valence-electron chi connectivity index (χ0n) is 16.0. The van der Waals surface area contributed by atoms with Crippen LogP contribution >= 0.6 is 11.0 Å². The Morgan fingerprint density at radius 2 is 1.57 bits per heavy atom. The molecule has 4 rings (SSSR count). The number of nitrogens with zero attached hydrogens (tertiary/aromatic N) is 3. The van der Waals surface area contributed by atoms with Crippen molar-refractivity contribution in [1.82, 2.24) is 10.2 Å². The molecule has 3 N–H and O–H groups in total. The lowest BCUT2D eigenvalue weighted by atomic mass is 10.1. The molecule has 0 aliphatic carbocycles. The van der Waals surface area contributed by atoms with Crippen LogP contribution in [0, 0.1) is 5.82 Å². The number of rotatable bonds is 5. The standard InChI is InChI=1S/C20H27FN4O2S/c1-22-16-10-12-23(13-11-16)14-15-24-19-8-4-5-9-20(19)25(28(24,26)27)18-7-3-2-6-17(18)21/h2-9,16,22,26-27H,10-15H2,1H3. The van der Waals surface area contributed by atoms with E-state index in [2.05, 4.69) is 10.2 Å². The van der Waals surface area contributed by atoms with Gasteiger partial charge in [0.2, 0.25) is 0 Å². The number of para-hydroxylation sites is 3. The number of likely N-dealkylation sites (tertiary alicyclic amines) is 1. The van der Waals surface area contributed by atoms with E-state index in [1.54, 1.807) is 28.6 Å². The van der Waals surface area contributed by atoms with Crippen LogP contribution in [0.4, 0.5) is 21.5 Å². The first kappa shape index (κ1) is 19.5. The van der Waals surface area contributed by atoms with Crippen LogP contribution in [0.1, 0.15) is 12.8 Å². The number of piperidine rings is 1. The summed E-state index contributed by atoms with van der Waals surface area (Å²) in [6.07, 6.45) is 2.18. The van der Waals surface area contributed by atoms with Gasteiger partial charge in [-0.1, -0.05) is 24.3 Å². The van der Waals surface area contributed by atoms with Crippen molar-refractivity contribution in [2.45, 2.75) is 18.9 Å². The minimum absolute atomic E-state index is 0.173. The molecule has 2 aliphatic heterocycles. The molecule has 1 saturated heterocycles. The van der Waals surface area contributed by atoms with Crippen LogP contribution in [0.25, 0.3) is 0 Å². The Morgan fingerprint density at radius 1 is 0.964 bits per heavy atom. The van der Waals surface area contributed by atoms with E-state index < -0.39 is 16.8 Å². The summed E-state index contributed by atoms with van der Waals surface area (Å²) >= 11 is 0. The summed E-state index contributed by atoms with van der Waals surface area (Å²) in [6, 6.07) is 14.1. The van der Waals surface area contributed by atoms with E-state index in [9.17, 15) is 13.5 Å². The van der Waals surface area contributed by atoms with Crippen molar-refractivity contribution in [2.75, 3.05) is 41.8 Å². The molecule has 2 aromatic rings. The average molecular weight is 407 g/mol. The van der Waals surface area contributed by atoms with Gasteiger partial charge in [-0.3, -0.25) is 13.4 Å². The first-order chi connectivity index (χ1) is 13.5. The van der Waals surface area contributed by atoms with Crippen LogP contribution in [0.15, 0.2) is 48.5 Å². The lowest BCUT2D eigenvalue weighted by Crippen LogP contribution is -2.44. The Labute approximate surface area is 167 Å². The Morgan fingerprint density at radius 3 is 2.21 bits per heavy atom. The van der Waals surface area contributed by atoms with Crippen LogP contribution in [0.2, 0.25) is 0 Å². The highest BCUT2D eigenvalue weighted by Crippen LogP contribution is 2.64. The molecule has 0 amide bonds. The quantitative estimate of drug-likeness (QED) is 0.696. The van der Waals surface area contributed by atoms with Crippen LogP contribution < -0.4 is 13.9 Å². The summed E-state index contributed by atoms with van der Waals surface area (Å²) in [5.41, 5.74) is 1.50. The molecule has 0 unspecified atom stereocenters. The van der Waals surface area contributed by atoms with Crippen molar-refractivity contribution >= 4 is 28.0 Å². The van der Waals surface area contributed by atoms with Crippen LogP contribution in [-0.4, -0.2) is 53.3 Å². The minimum atomic E-state index is -3.39. The summed E-state index contributed by atoms with van der Waals surface area (Å²) in [5, 5.41) is 3.32. The van der Waals surface area contributed by atoms with Crippen molar-refractivity contribution in [3.63, 3.8) is 0 Å². The fourth-order valence-corrected chi connectivity index (χ4v) is 5.78. The van der Waals surface area contributed by atoms with E-state index in [-0.39, 0.29) is 5.69 Å². The maximum absolute atomic E-state index is 14.5. The van der Waals surface area contributed by atoms with E-state index in [4.69, 9.17) is 0 Å². The molecule has 0 atom stereocenters. The van der Waals surface area contributed by atoms with E-state index >= 15 is 0 Å². The van der Waals surface area contributed by atoms with Gasteiger partial charge in [0.15, 0.2) is 0 Å². The molecule has 8 heteroatoms. The number of halogens is 1. The van der Waals surface area contributed by atoms with Gasteiger partial charge < -0.3 is 10.2 Å². The molecule has 0 spiro atoms. The lowest BCUT2D eigenvalue weighted by molar-refractivity contribution is 0.207. The van der Waals surface area contributed by atoms with Gasteiger partial charge >= 0.3 is 0 Å². The number of hydrogen-bond donors (Lipinski definition) is 3. The molecular formula is C20H27FN4O2S. The molecule has 28 heavy (non-hydrogen) atoms. The number of hydrogen-bond acceptors (Lipinski definition) is 6. The Hall–Kier alpha value is -1.84. The fraction of sp³-hybridized carbons (Fsp3) is 0.400. The summed E-state index contributed by atoms with van der Waals surface area (Å²) in [7, 11) is -1.40. The molecule has 0 radical (unpaired) electrons. The normalized spacial score (nSPS) is 21.0. The molecule has 6 nitrogen and oxygen atoms in total. The predicted molar refractivity (Wildman–Crippen MR) is 114 cm³/mol. The monoisotopic (exact) mass is 406 g/mol. The third-order valence-corrected chi connectivity index (χ3v) is 7.45. The van der Waals surface area contributed by atoms with Crippen molar-refractivity contribution in [3.05, 3.63) is 54.3 Å². The van der Waals surface area contributed by atoms with Crippen molar-refractivity contribution in [2.24, 2.45) is 0 Å². The third-order valence-electron chi connectivity index (χ3n) is 5.60. The zero-order chi connectivity index (χ0) is 19.7. The van der Waals surface area contributed by atoms with Crippen molar-refractivity contribution < 1.29 is 13.5 Å². The molecule has 0 aromatic heterocycles. The highest BCUT2D eigenvalue weighted by atomic mass is 32.3. The van der Waals surface area contributed by atoms with Gasteiger partial charge in [0.25, 0.3) is 0 Å². The van der Waals surface area contributed by atoms with Gasteiger partial charge in [-0.05, 0) is 68.2 Å². The van der Waals surface area contributed by atoms with E-state index in [0.29, 0.717) is 18.3 Å². The van der Waals surface area contributed by atoms with Gasteiger partial charge in [0.05, 0.1) is 17.9 Å². The first-order valence-corrected chi connectivity index (χ1v) is 11.1. The second-order valence-electron chi connectivity index (χ2n) is 7.23. The third kappa shape index (κ3) is 3.46. The highest BCUT2D eigenvalue weighted by Gasteiger charge is 2.42. The summed E-state index contributed by atoms with van der Waals surface area (Å²) in [6.45, 7) is 3.16. The van der Waals surface area contributed by atoms with Crippen LogP contribution in [0.3, 0.4) is 0 Å². The van der Waals surface area contributed by atoms with Crippen LogP contribution in [-0.2, 0) is 0 Å². The Kier molecular flexibility index (Phi) is 5.48. The second kappa shape index (κ2) is 7.88. The SMILES string of the molecule is CNC1CCN(CCN2c3ccccc3N(c3ccccc3F)S2(O)O)CC1.